The second-order valence-electron chi connectivity index (χ2n) is 5.79. The molecule has 25 heavy (non-hydrogen) atoms. The summed E-state index contributed by atoms with van der Waals surface area (Å²) in [4.78, 5) is 4.27. The van der Waals surface area contributed by atoms with Gasteiger partial charge in [0.05, 0.1) is 17.1 Å². The van der Waals surface area contributed by atoms with Gasteiger partial charge in [-0.2, -0.15) is 14.0 Å². The van der Waals surface area contributed by atoms with E-state index in [1.54, 1.807) is 42.5 Å². The molecule has 120 valence electrons. The van der Waals surface area contributed by atoms with Crippen molar-refractivity contribution in [2.75, 3.05) is 0 Å². The number of hydrogen-bond acceptors (Lipinski definition) is 2. The van der Waals surface area contributed by atoms with Gasteiger partial charge in [-0.25, -0.2) is 4.98 Å². The zero-order valence-electron chi connectivity index (χ0n) is 13.1. The van der Waals surface area contributed by atoms with Crippen molar-refractivity contribution in [1.82, 2.24) is 4.98 Å². The molecular weight excluding hydrogens is 318 g/mol. The summed E-state index contributed by atoms with van der Waals surface area (Å²) in [5.74, 6) is -3.27. The van der Waals surface area contributed by atoms with E-state index in [1.165, 1.54) is 18.2 Å². The minimum Gasteiger partial charge on any atom is -0.245 e. The lowest BCUT2D eigenvalue weighted by Crippen LogP contribution is -2.18. The molecule has 0 spiro atoms. The van der Waals surface area contributed by atoms with Crippen LogP contribution in [0, 0.1) is 11.3 Å². The Bertz CT molecular complexity index is 1130. The molecule has 4 aromatic rings. The summed E-state index contributed by atoms with van der Waals surface area (Å²) in [6.45, 7) is 0. The van der Waals surface area contributed by atoms with Gasteiger partial charge >= 0.3 is 5.92 Å². The molecule has 0 aliphatic carbocycles. The maximum atomic E-state index is 15.2. The quantitative estimate of drug-likeness (QED) is 0.461. The number of nitrogens with zero attached hydrogens (tertiary/aromatic N) is 2. The van der Waals surface area contributed by atoms with Gasteiger partial charge in [0.25, 0.3) is 0 Å². The van der Waals surface area contributed by atoms with Crippen molar-refractivity contribution in [2.24, 2.45) is 0 Å². The highest BCUT2D eigenvalue weighted by molar-refractivity contribution is 6.07. The van der Waals surface area contributed by atoms with Crippen LogP contribution in [0.25, 0.3) is 21.7 Å². The first-order valence-corrected chi connectivity index (χ1v) is 7.77. The monoisotopic (exact) mass is 330 g/mol. The van der Waals surface area contributed by atoms with E-state index in [2.05, 4.69) is 4.98 Å². The highest BCUT2D eigenvalue weighted by Gasteiger charge is 2.37. The predicted molar refractivity (Wildman–Crippen MR) is 93.4 cm³/mol. The summed E-state index contributed by atoms with van der Waals surface area (Å²) in [7, 11) is 0. The third-order valence-electron chi connectivity index (χ3n) is 4.26. The Morgan fingerprint density at radius 1 is 0.800 bits per heavy atom. The Hall–Kier alpha value is -3.32. The lowest BCUT2D eigenvalue weighted by Gasteiger charge is -2.19. The molecule has 1 aromatic heterocycles. The van der Waals surface area contributed by atoms with E-state index in [4.69, 9.17) is 5.26 Å². The average molecular weight is 330 g/mol. The highest BCUT2D eigenvalue weighted by atomic mass is 19.3. The number of rotatable bonds is 2. The molecule has 0 atom stereocenters. The minimum absolute atomic E-state index is 0.124. The number of para-hydroxylation sites is 1. The number of benzene rings is 3. The second-order valence-corrected chi connectivity index (χ2v) is 5.79. The maximum absolute atomic E-state index is 15.2. The van der Waals surface area contributed by atoms with Crippen LogP contribution in [0.1, 0.15) is 16.8 Å². The van der Waals surface area contributed by atoms with Crippen LogP contribution in [0.3, 0.4) is 0 Å². The number of hydrogen-bond donors (Lipinski definition) is 0. The van der Waals surface area contributed by atoms with Crippen molar-refractivity contribution in [3.05, 3.63) is 89.6 Å². The fraction of sp³-hybridized carbons (Fsp3) is 0.0476. The van der Waals surface area contributed by atoms with Crippen LogP contribution in [0.15, 0.2) is 72.8 Å². The fourth-order valence-corrected chi connectivity index (χ4v) is 3.05. The van der Waals surface area contributed by atoms with E-state index in [0.717, 1.165) is 5.39 Å². The van der Waals surface area contributed by atoms with Crippen LogP contribution < -0.4 is 0 Å². The summed E-state index contributed by atoms with van der Waals surface area (Å²) >= 11 is 0. The SMILES string of the molecule is N#Cc1ccc2c(c1)c(C(F)(F)c1ccccc1)nc1ccccc12. The first-order valence-electron chi connectivity index (χ1n) is 7.77. The molecule has 0 bridgehead atoms. The van der Waals surface area contributed by atoms with Gasteiger partial charge in [-0.3, -0.25) is 0 Å². The molecule has 0 aliphatic rings. The Morgan fingerprint density at radius 3 is 2.28 bits per heavy atom. The Morgan fingerprint density at radius 2 is 1.52 bits per heavy atom. The highest BCUT2D eigenvalue weighted by Crippen LogP contribution is 2.40. The van der Waals surface area contributed by atoms with Crippen molar-refractivity contribution in [3.63, 3.8) is 0 Å². The molecule has 1 heterocycles. The Kier molecular flexibility index (Phi) is 3.43. The summed E-state index contributed by atoms with van der Waals surface area (Å²) < 4.78 is 30.5. The van der Waals surface area contributed by atoms with Gasteiger partial charge in [0, 0.05) is 16.3 Å². The van der Waals surface area contributed by atoms with Gasteiger partial charge in [-0.15, -0.1) is 0 Å². The lowest BCUT2D eigenvalue weighted by atomic mass is 9.96. The first kappa shape index (κ1) is 15.2. The molecule has 3 aromatic carbocycles. The lowest BCUT2D eigenvalue weighted by molar-refractivity contribution is 0.0401. The van der Waals surface area contributed by atoms with E-state index < -0.39 is 5.92 Å². The van der Waals surface area contributed by atoms with Crippen LogP contribution in [0.2, 0.25) is 0 Å². The summed E-state index contributed by atoms with van der Waals surface area (Å²) in [5.41, 5.74) is 0.381. The fourth-order valence-electron chi connectivity index (χ4n) is 3.05. The predicted octanol–water partition coefficient (Wildman–Crippen LogP) is 5.40. The molecule has 0 fully saturated rings. The van der Waals surface area contributed by atoms with Gasteiger partial charge in [0.2, 0.25) is 0 Å². The number of nitriles is 1. The maximum Gasteiger partial charge on any atom is 0.315 e. The van der Waals surface area contributed by atoms with E-state index >= 15 is 8.78 Å². The summed E-state index contributed by atoms with van der Waals surface area (Å²) in [6, 6.07) is 21.7. The number of alkyl halides is 2. The molecule has 0 saturated heterocycles. The smallest absolute Gasteiger partial charge is 0.245 e. The van der Waals surface area contributed by atoms with Gasteiger partial charge in [-0.1, -0.05) is 54.6 Å². The molecule has 0 saturated carbocycles. The van der Waals surface area contributed by atoms with E-state index in [0.29, 0.717) is 21.9 Å². The number of pyridine rings is 1. The molecule has 0 aliphatic heterocycles. The van der Waals surface area contributed by atoms with Crippen LogP contribution in [0.5, 0.6) is 0 Å². The standard InChI is InChI=1S/C21H12F2N2/c22-21(23,15-6-2-1-3-7-15)20-18-12-14(13-24)10-11-16(18)17-8-4-5-9-19(17)25-20/h1-12H. The van der Waals surface area contributed by atoms with Crippen LogP contribution >= 0.6 is 0 Å². The van der Waals surface area contributed by atoms with Crippen LogP contribution in [0.4, 0.5) is 8.78 Å². The van der Waals surface area contributed by atoms with Crippen molar-refractivity contribution >= 4 is 21.7 Å². The van der Waals surface area contributed by atoms with Gasteiger partial charge in [0.15, 0.2) is 0 Å². The largest absolute Gasteiger partial charge is 0.315 e. The molecular formula is C21H12F2N2. The summed E-state index contributed by atoms with van der Waals surface area (Å²) in [5, 5.41) is 10.9. The molecule has 2 nitrogen and oxygen atoms in total. The molecule has 4 heteroatoms. The second kappa shape index (κ2) is 5.64. The number of halogens is 2. The van der Waals surface area contributed by atoms with Crippen LogP contribution in [-0.4, -0.2) is 4.98 Å². The van der Waals surface area contributed by atoms with E-state index in [9.17, 15) is 0 Å². The van der Waals surface area contributed by atoms with Crippen molar-refractivity contribution < 1.29 is 8.78 Å². The Balaban J connectivity index is 2.13. The molecule has 0 unspecified atom stereocenters. The van der Waals surface area contributed by atoms with Gasteiger partial charge in [-0.05, 0) is 23.6 Å². The van der Waals surface area contributed by atoms with Crippen molar-refractivity contribution in [2.45, 2.75) is 5.92 Å². The van der Waals surface area contributed by atoms with Gasteiger partial charge in [0.1, 0.15) is 5.69 Å². The number of aromatic nitrogens is 1. The summed E-state index contributed by atoms with van der Waals surface area (Å²) in [6.07, 6.45) is 0. The zero-order chi connectivity index (χ0) is 17.4. The third-order valence-corrected chi connectivity index (χ3v) is 4.26. The van der Waals surface area contributed by atoms with Crippen molar-refractivity contribution in [3.8, 4) is 6.07 Å². The first-order chi connectivity index (χ1) is 12.1. The normalized spacial score (nSPS) is 11.6. The van der Waals surface area contributed by atoms with Crippen molar-refractivity contribution in [1.29, 1.82) is 5.26 Å². The average Bonchev–Trinajstić information content (AvgIpc) is 2.67. The topological polar surface area (TPSA) is 36.7 Å². The molecule has 0 N–H and O–H groups in total. The third kappa shape index (κ3) is 2.41. The molecule has 0 amide bonds. The molecule has 4 rings (SSSR count). The van der Waals surface area contributed by atoms with Crippen LogP contribution in [-0.2, 0) is 5.92 Å². The molecule has 0 radical (unpaired) electrons. The van der Waals surface area contributed by atoms with Gasteiger partial charge < -0.3 is 0 Å². The Labute approximate surface area is 143 Å². The minimum atomic E-state index is -3.27. The van der Waals surface area contributed by atoms with E-state index in [1.807, 2.05) is 18.2 Å². The van der Waals surface area contributed by atoms with E-state index in [-0.39, 0.29) is 11.3 Å². The zero-order valence-corrected chi connectivity index (χ0v) is 13.1. The number of fused-ring (bicyclic) bond motifs is 3.